The number of hydrogen-bond donors (Lipinski definition) is 0. The van der Waals surface area contributed by atoms with Gasteiger partial charge in [0.15, 0.2) is 0 Å². The zero-order chi connectivity index (χ0) is 21.7. The molecule has 0 aliphatic carbocycles. The van der Waals surface area contributed by atoms with Gasteiger partial charge in [-0.3, -0.25) is 9.59 Å². The van der Waals surface area contributed by atoms with Gasteiger partial charge in [0.25, 0.3) is 5.56 Å². The van der Waals surface area contributed by atoms with Gasteiger partial charge in [0.05, 0.1) is 18.7 Å². The minimum atomic E-state index is -0.243. The van der Waals surface area contributed by atoms with E-state index in [2.05, 4.69) is 25.9 Å². The van der Waals surface area contributed by atoms with Crippen molar-refractivity contribution < 1.29 is 9.53 Å². The summed E-state index contributed by atoms with van der Waals surface area (Å²) < 4.78 is 6.46. The van der Waals surface area contributed by atoms with E-state index in [-0.39, 0.29) is 23.4 Å². The van der Waals surface area contributed by atoms with Gasteiger partial charge >= 0.3 is 0 Å². The van der Waals surface area contributed by atoms with Gasteiger partial charge in [-0.1, -0.05) is 51.1 Å². The quantitative estimate of drug-likeness (QED) is 0.601. The van der Waals surface area contributed by atoms with Crippen LogP contribution in [0.3, 0.4) is 0 Å². The summed E-state index contributed by atoms with van der Waals surface area (Å²) in [5.41, 5.74) is 0.827. The molecule has 0 radical (unpaired) electrons. The molecule has 1 aromatic heterocycles. The summed E-state index contributed by atoms with van der Waals surface area (Å²) >= 11 is 0. The Labute approximate surface area is 177 Å². The largest absolute Gasteiger partial charge is 0.497 e. The van der Waals surface area contributed by atoms with Crippen molar-refractivity contribution in [2.75, 3.05) is 20.2 Å². The Hall–Kier alpha value is -3.15. The lowest BCUT2D eigenvalue weighted by atomic mass is 9.95. The van der Waals surface area contributed by atoms with Gasteiger partial charge in [0, 0.05) is 18.5 Å². The van der Waals surface area contributed by atoms with Crippen molar-refractivity contribution >= 4 is 16.7 Å². The van der Waals surface area contributed by atoms with Crippen molar-refractivity contribution in [2.24, 2.45) is 5.41 Å². The fraction of sp³-hybridized carbons (Fsp3) is 0.375. The number of ether oxygens (including phenoxy) is 1. The molecule has 6 nitrogen and oxygen atoms in total. The molecule has 2 aromatic carbocycles. The highest BCUT2D eigenvalue weighted by Gasteiger charge is 2.22. The summed E-state index contributed by atoms with van der Waals surface area (Å²) in [6.45, 7) is 7.40. The highest BCUT2D eigenvalue weighted by atomic mass is 16.5. The molecule has 0 aliphatic heterocycles. The van der Waals surface area contributed by atoms with E-state index < -0.39 is 0 Å². The van der Waals surface area contributed by atoms with E-state index in [1.54, 1.807) is 19.4 Å². The maximum absolute atomic E-state index is 13.1. The Bertz CT molecular complexity index is 1070. The lowest BCUT2D eigenvalue weighted by molar-refractivity contribution is -0.133. The minimum Gasteiger partial charge on any atom is -0.497 e. The second-order valence-corrected chi connectivity index (χ2v) is 8.67. The summed E-state index contributed by atoms with van der Waals surface area (Å²) in [4.78, 5) is 27.7. The van der Waals surface area contributed by atoms with Crippen LogP contribution in [0.5, 0.6) is 5.75 Å². The zero-order valence-corrected chi connectivity index (χ0v) is 18.1. The van der Waals surface area contributed by atoms with E-state index in [4.69, 9.17) is 4.74 Å². The van der Waals surface area contributed by atoms with Crippen LogP contribution in [0.2, 0.25) is 0 Å². The average molecular weight is 408 g/mol. The molecule has 0 aliphatic rings. The van der Waals surface area contributed by atoms with Crippen molar-refractivity contribution in [3.8, 4) is 5.75 Å². The first-order chi connectivity index (χ1) is 14.3. The maximum atomic E-state index is 13.1. The van der Waals surface area contributed by atoms with Crippen LogP contribution in [0.25, 0.3) is 10.8 Å². The van der Waals surface area contributed by atoms with Crippen molar-refractivity contribution in [1.29, 1.82) is 0 Å². The fourth-order valence-corrected chi connectivity index (χ4v) is 3.39. The third kappa shape index (κ3) is 5.47. The summed E-state index contributed by atoms with van der Waals surface area (Å²) in [5.74, 6) is 0.700. The van der Waals surface area contributed by atoms with Crippen LogP contribution >= 0.6 is 0 Å². The minimum absolute atomic E-state index is 0.0582. The molecule has 3 rings (SSSR count). The monoisotopic (exact) mass is 407 g/mol. The molecule has 0 N–H and O–H groups in total. The number of fused-ring (bicyclic) bond motifs is 1. The van der Waals surface area contributed by atoms with Gasteiger partial charge in [-0.05, 0) is 35.6 Å². The molecule has 158 valence electrons. The van der Waals surface area contributed by atoms with E-state index in [9.17, 15) is 9.59 Å². The van der Waals surface area contributed by atoms with Gasteiger partial charge in [-0.25, -0.2) is 4.68 Å². The molecule has 3 aromatic rings. The van der Waals surface area contributed by atoms with Gasteiger partial charge in [0.2, 0.25) is 5.91 Å². The molecule has 0 unspecified atom stereocenters. The number of benzene rings is 2. The molecular weight excluding hydrogens is 378 g/mol. The van der Waals surface area contributed by atoms with Crippen molar-refractivity contribution in [1.82, 2.24) is 14.7 Å². The molecule has 1 amide bonds. The van der Waals surface area contributed by atoms with E-state index in [0.717, 1.165) is 23.1 Å². The second-order valence-electron chi connectivity index (χ2n) is 8.67. The molecule has 1 heterocycles. The van der Waals surface area contributed by atoms with Crippen LogP contribution in [0.15, 0.2) is 59.5 Å². The molecule has 0 saturated heterocycles. The number of carbonyl (C=O) groups excluding carboxylic acids is 1. The number of carbonyl (C=O) groups is 1. The highest BCUT2D eigenvalue weighted by Crippen LogP contribution is 2.17. The van der Waals surface area contributed by atoms with Gasteiger partial charge in [0.1, 0.15) is 12.3 Å². The average Bonchev–Trinajstić information content (AvgIpc) is 2.73. The van der Waals surface area contributed by atoms with Crippen molar-refractivity contribution in [3.63, 3.8) is 0 Å². The Kier molecular flexibility index (Phi) is 6.55. The van der Waals surface area contributed by atoms with E-state index >= 15 is 0 Å². The van der Waals surface area contributed by atoms with E-state index in [1.165, 1.54) is 4.68 Å². The van der Waals surface area contributed by atoms with Crippen molar-refractivity contribution in [2.45, 2.75) is 33.7 Å². The fourth-order valence-electron chi connectivity index (χ4n) is 3.39. The third-order valence-electron chi connectivity index (χ3n) is 4.89. The van der Waals surface area contributed by atoms with Gasteiger partial charge < -0.3 is 9.64 Å². The first kappa shape index (κ1) is 21.6. The van der Waals surface area contributed by atoms with E-state index in [0.29, 0.717) is 18.5 Å². The van der Waals surface area contributed by atoms with Gasteiger partial charge in [-0.15, -0.1) is 0 Å². The van der Waals surface area contributed by atoms with Crippen LogP contribution in [0.1, 0.15) is 26.3 Å². The third-order valence-corrected chi connectivity index (χ3v) is 4.89. The van der Waals surface area contributed by atoms with Crippen molar-refractivity contribution in [3.05, 3.63) is 70.6 Å². The SMILES string of the molecule is COc1ccc(CCN(CC(C)(C)C)C(=O)Cn2ncc3ccccc3c2=O)cc1. The molecule has 0 spiro atoms. The van der Waals surface area contributed by atoms with Crippen LogP contribution in [-0.2, 0) is 17.8 Å². The normalized spacial score (nSPS) is 11.5. The van der Waals surface area contributed by atoms with Gasteiger partial charge in [-0.2, -0.15) is 5.10 Å². The smallest absolute Gasteiger partial charge is 0.275 e. The molecule has 6 heteroatoms. The number of aromatic nitrogens is 2. The first-order valence-electron chi connectivity index (χ1n) is 10.1. The lowest BCUT2D eigenvalue weighted by Gasteiger charge is -2.30. The summed E-state index contributed by atoms with van der Waals surface area (Å²) in [6, 6.07) is 15.1. The Morgan fingerprint density at radius 1 is 1.10 bits per heavy atom. The molecular formula is C24H29N3O3. The predicted molar refractivity (Wildman–Crippen MR) is 119 cm³/mol. The molecule has 0 bridgehead atoms. The summed E-state index contributed by atoms with van der Waals surface area (Å²) in [7, 11) is 1.64. The number of amides is 1. The summed E-state index contributed by atoms with van der Waals surface area (Å²) in [6.07, 6.45) is 2.36. The lowest BCUT2D eigenvalue weighted by Crippen LogP contribution is -2.42. The molecule has 0 saturated carbocycles. The Morgan fingerprint density at radius 3 is 2.47 bits per heavy atom. The Balaban J connectivity index is 1.76. The van der Waals surface area contributed by atoms with Crippen LogP contribution in [0.4, 0.5) is 0 Å². The topological polar surface area (TPSA) is 64.4 Å². The second kappa shape index (κ2) is 9.11. The summed E-state index contributed by atoms with van der Waals surface area (Å²) in [5, 5.41) is 5.55. The first-order valence-corrected chi connectivity index (χ1v) is 10.1. The molecule has 0 atom stereocenters. The Morgan fingerprint density at radius 2 is 1.80 bits per heavy atom. The van der Waals surface area contributed by atoms with Crippen LogP contribution in [-0.4, -0.2) is 40.8 Å². The van der Waals surface area contributed by atoms with Crippen LogP contribution in [0, 0.1) is 5.41 Å². The number of rotatable bonds is 7. The molecule has 0 fully saturated rings. The zero-order valence-electron chi connectivity index (χ0n) is 18.1. The number of hydrogen-bond acceptors (Lipinski definition) is 4. The standard InChI is InChI=1S/C24H29N3O3/c1-24(2,3)17-26(14-13-18-9-11-20(30-4)12-10-18)22(28)16-27-23(29)21-8-6-5-7-19(21)15-25-27/h5-12,15H,13-14,16-17H2,1-4H3. The maximum Gasteiger partial charge on any atom is 0.275 e. The molecule has 30 heavy (non-hydrogen) atoms. The highest BCUT2D eigenvalue weighted by molar-refractivity contribution is 5.81. The van der Waals surface area contributed by atoms with E-state index in [1.807, 2.05) is 47.4 Å². The number of methoxy groups -OCH3 is 1. The predicted octanol–water partition coefficient (Wildman–Crippen LogP) is 3.52. The number of nitrogens with zero attached hydrogens (tertiary/aromatic N) is 3. The van der Waals surface area contributed by atoms with Crippen LogP contribution < -0.4 is 10.3 Å².